The van der Waals surface area contributed by atoms with E-state index in [1.807, 2.05) is 54.6 Å². The molecule has 2 saturated carbocycles. The highest BCUT2D eigenvalue weighted by Gasteiger charge is 2.57. The number of nitrogens with zero attached hydrogens (tertiary/aromatic N) is 5. The lowest BCUT2D eigenvalue weighted by molar-refractivity contribution is -0.133. The number of amides is 3. The van der Waals surface area contributed by atoms with Gasteiger partial charge in [0.05, 0.1) is 0 Å². The Morgan fingerprint density at radius 1 is 1.00 bits per heavy atom. The Balaban J connectivity index is 1.31. The van der Waals surface area contributed by atoms with Crippen LogP contribution in [0.3, 0.4) is 0 Å². The number of carbonyl (C=O) groups excluding carboxylic acids is 3. The van der Waals surface area contributed by atoms with Gasteiger partial charge in [0.2, 0.25) is 17.8 Å². The van der Waals surface area contributed by atoms with Crippen LogP contribution in [-0.4, -0.2) is 51.3 Å². The molecular formula is C31H32BrN7O3. The van der Waals surface area contributed by atoms with Gasteiger partial charge in [-0.05, 0) is 80.3 Å². The van der Waals surface area contributed by atoms with Gasteiger partial charge in [0, 0.05) is 53.3 Å². The number of hydrogen-bond acceptors (Lipinski definition) is 6. The van der Waals surface area contributed by atoms with Gasteiger partial charge in [-0.15, -0.1) is 0 Å². The van der Waals surface area contributed by atoms with Crippen LogP contribution in [-0.2, 0) is 9.59 Å². The molecule has 0 saturated heterocycles. The molecule has 42 heavy (non-hydrogen) atoms. The summed E-state index contributed by atoms with van der Waals surface area (Å²) in [6.45, 7) is 0. The summed E-state index contributed by atoms with van der Waals surface area (Å²) in [5, 5.41) is 4.08. The molecule has 0 unspecified atom stereocenters. The number of aromatic nitrogens is 3. The zero-order valence-corrected chi connectivity index (χ0v) is 25.1. The number of rotatable bonds is 8. The minimum atomic E-state index is -1.17. The van der Waals surface area contributed by atoms with Gasteiger partial charge in [-0.1, -0.05) is 28.8 Å². The number of fused-ring (bicyclic) bond motifs is 1. The highest BCUT2D eigenvalue weighted by molar-refractivity contribution is 9.10. The van der Waals surface area contributed by atoms with Crippen LogP contribution in [0.2, 0.25) is 0 Å². The lowest BCUT2D eigenvalue weighted by atomic mass is 10.0. The molecule has 0 radical (unpaired) electrons. The first-order chi connectivity index (χ1) is 20.2. The largest absolute Gasteiger partial charge is 0.369 e. The third kappa shape index (κ3) is 5.02. The Bertz CT molecular complexity index is 1670. The van der Waals surface area contributed by atoms with Crippen molar-refractivity contribution in [1.29, 1.82) is 0 Å². The Hall–Kier alpha value is -4.25. The highest BCUT2D eigenvalue weighted by Crippen LogP contribution is 2.49. The predicted octanol–water partition coefficient (Wildman–Crippen LogP) is 5.68. The molecule has 3 amide bonds. The number of benzene rings is 2. The quantitative estimate of drug-likeness (QED) is 0.241. The monoisotopic (exact) mass is 629 g/mol. The van der Waals surface area contributed by atoms with Gasteiger partial charge < -0.3 is 20.5 Å². The third-order valence-electron chi connectivity index (χ3n) is 8.19. The summed E-state index contributed by atoms with van der Waals surface area (Å²) in [6, 6.07) is 16.7. The maximum absolute atomic E-state index is 13.6. The van der Waals surface area contributed by atoms with E-state index >= 15 is 0 Å². The number of nitrogens with one attached hydrogen (secondary N) is 1. The molecule has 2 aromatic carbocycles. The number of carbonyl (C=O) groups is 3. The SMILES string of the molecule is CN(C)C(=O)c1cc2cnc(Nc3ccc(N(C(=O)C4(C(N)=O)CC4)c4ccc(Br)cc4)cc3)nc2n1C1CCCC1. The lowest BCUT2D eigenvalue weighted by Crippen LogP contribution is -2.41. The summed E-state index contributed by atoms with van der Waals surface area (Å²) < 4.78 is 2.96. The van der Waals surface area contributed by atoms with Crippen LogP contribution >= 0.6 is 15.9 Å². The van der Waals surface area contributed by atoms with Gasteiger partial charge in [-0.2, -0.15) is 4.98 Å². The highest BCUT2D eigenvalue weighted by atomic mass is 79.9. The zero-order valence-electron chi connectivity index (χ0n) is 23.5. The minimum Gasteiger partial charge on any atom is -0.369 e. The molecule has 2 fully saturated rings. The predicted molar refractivity (Wildman–Crippen MR) is 165 cm³/mol. The van der Waals surface area contributed by atoms with E-state index in [0.29, 0.717) is 35.9 Å². The first-order valence-electron chi connectivity index (χ1n) is 14.0. The minimum absolute atomic E-state index is 0.0563. The summed E-state index contributed by atoms with van der Waals surface area (Å²) in [5.74, 6) is -0.581. The molecule has 0 aliphatic heterocycles. The summed E-state index contributed by atoms with van der Waals surface area (Å²) in [4.78, 5) is 51.3. The first kappa shape index (κ1) is 27.9. The van der Waals surface area contributed by atoms with Crippen molar-refractivity contribution < 1.29 is 14.4 Å². The van der Waals surface area contributed by atoms with E-state index < -0.39 is 11.3 Å². The van der Waals surface area contributed by atoms with Crippen molar-refractivity contribution in [3.8, 4) is 0 Å². The average molecular weight is 631 g/mol. The molecule has 2 aliphatic rings. The van der Waals surface area contributed by atoms with Crippen molar-refractivity contribution in [2.75, 3.05) is 24.3 Å². The normalized spacial score (nSPS) is 15.9. The van der Waals surface area contributed by atoms with Gasteiger partial charge >= 0.3 is 0 Å². The fourth-order valence-corrected chi connectivity index (χ4v) is 5.96. The summed E-state index contributed by atoms with van der Waals surface area (Å²) >= 11 is 3.44. The van der Waals surface area contributed by atoms with Crippen LogP contribution in [0.5, 0.6) is 0 Å². The van der Waals surface area contributed by atoms with Crippen molar-refractivity contribution in [2.24, 2.45) is 11.1 Å². The van der Waals surface area contributed by atoms with Crippen molar-refractivity contribution >= 4 is 67.7 Å². The van der Waals surface area contributed by atoms with Gasteiger partial charge in [0.1, 0.15) is 16.8 Å². The van der Waals surface area contributed by atoms with E-state index in [9.17, 15) is 14.4 Å². The second kappa shape index (κ2) is 10.9. The van der Waals surface area contributed by atoms with Crippen LogP contribution in [0.25, 0.3) is 11.0 Å². The molecule has 4 aromatic rings. The smallest absolute Gasteiger partial charge is 0.270 e. The van der Waals surface area contributed by atoms with Crippen LogP contribution in [0.1, 0.15) is 55.1 Å². The van der Waals surface area contributed by atoms with E-state index in [4.69, 9.17) is 10.7 Å². The van der Waals surface area contributed by atoms with E-state index in [1.165, 1.54) is 0 Å². The molecule has 2 aromatic heterocycles. The average Bonchev–Trinajstić information content (AvgIpc) is 3.47. The van der Waals surface area contributed by atoms with Crippen molar-refractivity contribution in [3.63, 3.8) is 0 Å². The number of anilines is 4. The molecule has 2 aliphatic carbocycles. The number of halogens is 1. The summed E-state index contributed by atoms with van der Waals surface area (Å²) in [7, 11) is 3.51. The Morgan fingerprint density at radius 2 is 1.62 bits per heavy atom. The lowest BCUT2D eigenvalue weighted by Gasteiger charge is -2.26. The zero-order chi connectivity index (χ0) is 29.6. The van der Waals surface area contributed by atoms with E-state index in [1.54, 1.807) is 30.1 Å². The van der Waals surface area contributed by atoms with Crippen LogP contribution in [0.4, 0.5) is 23.0 Å². The van der Waals surface area contributed by atoms with Gasteiger partial charge in [0.15, 0.2) is 0 Å². The van der Waals surface area contributed by atoms with Crippen LogP contribution in [0.15, 0.2) is 65.3 Å². The Morgan fingerprint density at radius 3 is 2.19 bits per heavy atom. The second-order valence-electron chi connectivity index (χ2n) is 11.2. The van der Waals surface area contributed by atoms with Crippen LogP contribution in [0, 0.1) is 5.41 Å². The number of primary amides is 1. The molecule has 216 valence electrons. The maximum atomic E-state index is 13.6. The van der Waals surface area contributed by atoms with Crippen LogP contribution < -0.4 is 16.0 Å². The van der Waals surface area contributed by atoms with Crippen molar-refractivity contribution in [1.82, 2.24) is 19.4 Å². The molecule has 10 nitrogen and oxygen atoms in total. The fraction of sp³-hybridized carbons (Fsp3) is 0.323. The molecule has 11 heteroatoms. The molecule has 3 N–H and O–H groups in total. The molecule has 0 bridgehead atoms. The first-order valence-corrected chi connectivity index (χ1v) is 14.8. The number of hydrogen-bond donors (Lipinski definition) is 2. The van der Waals surface area contributed by atoms with E-state index in [-0.39, 0.29) is 17.9 Å². The fourth-order valence-electron chi connectivity index (χ4n) is 5.70. The molecule has 6 rings (SSSR count). The van der Waals surface area contributed by atoms with Gasteiger partial charge in [-0.3, -0.25) is 19.3 Å². The molecule has 0 spiro atoms. The van der Waals surface area contributed by atoms with Gasteiger partial charge in [-0.25, -0.2) is 4.98 Å². The molecule has 0 atom stereocenters. The van der Waals surface area contributed by atoms with Gasteiger partial charge in [0.25, 0.3) is 5.91 Å². The van der Waals surface area contributed by atoms with E-state index in [2.05, 4.69) is 30.8 Å². The number of nitrogens with two attached hydrogens (primary N) is 1. The molecular weight excluding hydrogens is 598 g/mol. The van der Waals surface area contributed by atoms with Crippen molar-refractivity contribution in [3.05, 3.63) is 71.0 Å². The molecule has 2 heterocycles. The standard InChI is InChI=1S/C31H32BrN7O3/c1-37(2)27(40)25-17-19-18-34-30(36-26(19)39(25)22-5-3-4-6-22)35-21-9-13-24(14-10-21)38(23-11-7-20(32)8-12-23)29(42)31(15-16-31)28(33)41/h7-14,17-18,22H,3-6,15-16H2,1-2H3,(H2,33,41)(H,34,35,36). The van der Waals surface area contributed by atoms with E-state index in [0.717, 1.165) is 46.9 Å². The summed E-state index contributed by atoms with van der Waals surface area (Å²) in [5.41, 5.74) is 7.80. The summed E-state index contributed by atoms with van der Waals surface area (Å²) in [6.07, 6.45) is 6.90. The maximum Gasteiger partial charge on any atom is 0.270 e. The third-order valence-corrected chi connectivity index (χ3v) is 8.72. The van der Waals surface area contributed by atoms with Crippen molar-refractivity contribution in [2.45, 2.75) is 44.6 Å². The second-order valence-corrected chi connectivity index (χ2v) is 12.2. The topological polar surface area (TPSA) is 126 Å². The Labute approximate surface area is 252 Å². The Kier molecular flexibility index (Phi) is 7.22.